The summed E-state index contributed by atoms with van der Waals surface area (Å²) < 4.78 is 11.2. The quantitative estimate of drug-likeness (QED) is 0.488. The normalized spacial score (nSPS) is 11.3. The Morgan fingerprint density at radius 1 is 1.20 bits per heavy atom. The molecule has 0 N–H and O–H groups in total. The van der Waals surface area contributed by atoms with E-state index in [1.165, 1.54) is 12.1 Å². The first-order chi connectivity index (χ1) is 11.8. The predicted molar refractivity (Wildman–Crippen MR) is 91.5 cm³/mol. The van der Waals surface area contributed by atoms with Crippen LogP contribution in [-0.4, -0.2) is 15.1 Å². The summed E-state index contributed by atoms with van der Waals surface area (Å²) in [6.45, 7) is 3.57. The van der Waals surface area contributed by atoms with E-state index in [0.717, 1.165) is 0 Å². The van der Waals surface area contributed by atoms with E-state index in [9.17, 15) is 10.1 Å². The Morgan fingerprint density at radius 3 is 2.60 bits per heavy atom. The fourth-order valence-electron chi connectivity index (χ4n) is 2.18. The summed E-state index contributed by atoms with van der Waals surface area (Å²) in [5.41, 5.74) is -0.438. The van der Waals surface area contributed by atoms with Gasteiger partial charge in [-0.05, 0) is 38.1 Å². The van der Waals surface area contributed by atoms with Gasteiger partial charge in [-0.3, -0.25) is 10.1 Å². The maximum Gasteiger partial charge on any atom is 0.270 e. The SMILES string of the molecule is CC(C)(Oc1ccc(Cl)cc1)c1nc(-c2cccc([N+](=O)[O-])c2)no1. The zero-order valence-electron chi connectivity index (χ0n) is 13.5. The second-order valence-corrected chi connectivity index (χ2v) is 6.23. The predicted octanol–water partition coefficient (Wildman–Crippen LogP) is 4.61. The zero-order chi connectivity index (χ0) is 18.0. The number of aromatic nitrogens is 2. The van der Waals surface area contributed by atoms with Crippen molar-refractivity contribution in [3.05, 3.63) is 69.6 Å². The van der Waals surface area contributed by atoms with Crippen LogP contribution in [-0.2, 0) is 5.60 Å². The molecule has 0 amide bonds. The summed E-state index contributed by atoms with van der Waals surface area (Å²) in [5, 5.41) is 15.4. The lowest BCUT2D eigenvalue weighted by Crippen LogP contribution is -2.25. The molecule has 1 heterocycles. The van der Waals surface area contributed by atoms with Gasteiger partial charge < -0.3 is 9.26 Å². The van der Waals surface area contributed by atoms with Crippen LogP contribution in [0.2, 0.25) is 5.02 Å². The first-order valence-corrected chi connectivity index (χ1v) is 7.76. The topological polar surface area (TPSA) is 91.3 Å². The molecule has 0 aliphatic carbocycles. The molecule has 0 spiro atoms. The average molecular weight is 360 g/mol. The zero-order valence-corrected chi connectivity index (χ0v) is 14.2. The van der Waals surface area contributed by atoms with E-state index in [1.807, 2.05) is 0 Å². The number of ether oxygens (including phenoxy) is 1. The minimum absolute atomic E-state index is 0.0412. The first kappa shape index (κ1) is 16.9. The summed E-state index contributed by atoms with van der Waals surface area (Å²) in [4.78, 5) is 14.7. The molecular formula is C17H14ClN3O4. The number of halogens is 1. The van der Waals surface area contributed by atoms with Crippen LogP contribution in [0.1, 0.15) is 19.7 Å². The van der Waals surface area contributed by atoms with Crippen LogP contribution in [0, 0.1) is 10.1 Å². The Bertz CT molecular complexity index is 906. The summed E-state index contributed by atoms with van der Waals surface area (Å²) in [6.07, 6.45) is 0. The lowest BCUT2D eigenvalue weighted by molar-refractivity contribution is -0.384. The molecule has 0 radical (unpaired) electrons. The van der Waals surface area contributed by atoms with Gasteiger partial charge in [0.1, 0.15) is 5.75 Å². The Balaban J connectivity index is 1.85. The fourth-order valence-corrected chi connectivity index (χ4v) is 2.31. The maximum absolute atomic E-state index is 10.9. The van der Waals surface area contributed by atoms with Gasteiger partial charge in [0.15, 0.2) is 5.60 Å². The van der Waals surface area contributed by atoms with Gasteiger partial charge in [-0.1, -0.05) is 28.9 Å². The molecule has 0 aliphatic heterocycles. The van der Waals surface area contributed by atoms with E-state index >= 15 is 0 Å². The second kappa shape index (κ2) is 6.52. The molecule has 2 aromatic carbocycles. The highest BCUT2D eigenvalue weighted by Gasteiger charge is 2.30. The van der Waals surface area contributed by atoms with E-state index in [4.69, 9.17) is 20.9 Å². The molecule has 3 aromatic rings. The van der Waals surface area contributed by atoms with Gasteiger partial charge >= 0.3 is 0 Å². The molecule has 128 valence electrons. The highest BCUT2D eigenvalue weighted by Crippen LogP contribution is 2.29. The minimum atomic E-state index is -0.889. The van der Waals surface area contributed by atoms with Gasteiger partial charge in [0, 0.05) is 22.7 Å². The molecule has 25 heavy (non-hydrogen) atoms. The van der Waals surface area contributed by atoms with Crippen molar-refractivity contribution in [2.45, 2.75) is 19.4 Å². The number of hydrogen-bond donors (Lipinski definition) is 0. The number of benzene rings is 2. The summed E-state index contributed by atoms with van der Waals surface area (Å²) in [6, 6.07) is 12.9. The Morgan fingerprint density at radius 2 is 1.92 bits per heavy atom. The van der Waals surface area contributed by atoms with Crippen LogP contribution in [0.15, 0.2) is 53.1 Å². The average Bonchev–Trinajstić information content (AvgIpc) is 3.08. The lowest BCUT2D eigenvalue weighted by atomic mass is 10.1. The molecule has 0 fully saturated rings. The molecule has 0 saturated heterocycles. The van der Waals surface area contributed by atoms with Crippen LogP contribution in [0.3, 0.4) is 0 Å². The Labute approximate surface area is 148 Å². The Hall–Kier alpha value is -2.93. The number of non-ortho nitro benzene ring substituents is 1. The van der Waals surface area contributed by atoms with Crippen molar-refractivity contribution in [1.82, 2.24) is 10.1 Å². The molecule has 0 unspecified atom stereocenters. The van der Waals surface area contributed by atoms with Gasteiger partial charge in [-0.15, -0.1) is 0 Å². The lowest BCUT2D eigenvalue weighted by Gasteiger charge is -2.22. The monoisotopic (exact) mass is 359 g/mol. The highest BCUT2D eigenvalue weighted by molar-refractivity contribution is 6.30. The molecule has 3 rings (SSSR count). The summed E-state index contributed by atoms with van der Waals surface area (Å²) >= 11 is 5.86. The van der Waals surface area contributed by atoms with E-state index in [1.54, 1.807) is 50.2 Å². The van der Waals surface area contributed by atoms with Gasteiger partial charge in [-0.25, -0.2) is 0 Å². The van der Waals surface area contributed by atoms with Crippen LogP contribution in [0.5, 0.6) is 5.75 Å². The number of nitro benzene ring substituents is 1. The third kappa shape index (κ3) is 3.77. The van der Waals surface area contributed by atoms with Crippen molar-refractivity contribution in [3.63, 3.8) is 0 Å². The van der Waals surface area contributed by atoms with Crippen LogP contribution >= 0.6 is 11.6 Å². The Kier molecular flexibility index (Phi) is 4.41. The largest absolute Gasteiger partial charge is 0.478 e. The standard InChI is InChI=1S/C17H14ClN3O4/c1-17(2,24-14-8-6-12(18)7-9-14)16-19-15(20-25-16)11-4-3-5-13(10-11)21(22)23/h3-10H,1-2H3. The van der Waals surface area contributed by atoms with E-state index < -0.39 is 10.5 Å². The third-order valence-electron chi connectivity index (χ3n) is 3.44. The van der Waals surface area contributed by atoms with E-state index in [0.29, 0.717) is 16.3 Å². The van der Waals surface area contributed by atoms with Crippen molar-refractivity contribution in [2.75, 3.05) is 0 Å². The van der Waals surface area contributed by atoms with E-state index in [2.05, 4.69) is 10.1 Å². The maximum atomic E-state index is 10.9. The van der Waals surface area contributed by atoms with Crippen molar-refractivity contribution < 1.29 is 14.2 Å². The molecule has 8 heteroatoms. The van der Waals surface area contributed by atoms with Crippen LogP contribution in [0.25, 0.3) is 11.4 Å². The van der Waals surface area contributed by atoms with Gasteiger partial charge in [0.2, 0.25) is 5.82 Å². The molecule has 1 aromatic heterocycles. The number of nitrogens with zero attached hydrogens (tertiary/aromatic N) is 3. The molecule has 0 atom stereocenters. The summed E-state index contributed by atoms with van der Waals surface area (Å²) in [5.74, 6) is 1.11. The highest BCUT2D eigenvalue weighted by atomic mass is 35.5. The van der Waals surface area contributed by atoms with Crippen LogP contribution < -0.4 is 4.74 Å². The number of rotatable bonds is 5. The minimum Gasteiger partial charge on any atom is -0.478 e. The van der Waals surface area contributed by atoms with Gasteiger partial charge in [0.05, 0.1) is 4.92 Å². The molecule has 0 saturated carbocycles. The van der Waals surface area contributed by atoms with Gasteiger partial charge in [0.25, 0.3) is 11.6 Å². The fraction of sp³-hybridized carbons (Fsp3) is 0.176. The molecule has 0 aliphatic rings. The number of hydrogen-bond acceptors (Lipinski definition) is 6. The first-order valence-electron chi connectivity index (χ1n) is 7.39. The number of nitro groups is 1. The second-order valence-electron chi connectivity index (χ2n) is 5.80. The smallest absolute Gasteiger partial charge is 0.270 e. The molecule has 0 bridgehead atoms. The van der Waals surface area contributed by atoms with E-state index in [-0.39, 0.29) is 17.4 Å². The van der Waals surface area contributed by atoms with Crippen molar-refractivity contribution in [1.29, 1.82) is 0 Å². The van der Waals surface area contributed by atoms with Crippen molar-refractivity contribution in [3.8, 4) is 17.1 Å². The molecular weight excluding hydrogens is 346 g/mol. The molecule has 7 nitrogen and oxygen atoms in total. The van der Waals surface area contributed by atoms with Gasteiger partial charge in [-0.2, -0.15) is 4.98 Å². The van der Waals surface area contributed by atoms with Crippen molar-refractivity contribution in [2.24, 2.45) is 0 Å². The third-order valence-corrected chi connectivity index (χ3v) is 3.69. The van der Waals surface area contributed by atoms with Crippen LogP contribution in [0.4, 0.5) is 5.69 Å². The summed E-state index contributed by atoms with van der Waals surface area (Å²) in [7, 11) is 0. The van der Waals surface area contributed by atoms with Crippen molar-refractivity contribution >= 4 is 17.3 Å².